The van der Waals surface area contributed by atoms with E-state index in [1.165, 1.54) is 6.92 Å². The monoisotopic (exact) mass is 242 g/mol. The molecule has 1 heterocycles. The number of rotatable bonds is 3. The van der Waals surface area contributed by atoms with Gasteiger partial charge in [0.25, 0.3) is 0 Å². The van der Waals surface area contributed by atoms with Gasteiger partial charge in [-0.15, -0.1) is 0 Å². The summed E-state index contributed by atoms with van der Waals surface area (Å²) >= 11 is 0. The first-order chi connectivity index (χ1) is 7.30. The standard InChI is InChI=1S/C10H14N2O3S/c1-7-4-5-11-9(6-7)12-10(13)8(2)16(3,14)15/h4-6,8H,1-3H3,(H,11,12,13)/t8-/m0/s1. The van der Waals surface area contributed by atoms with Crippen LogP contribution in [0.4, 0.5) is 5.82 Å². The predicted molar refractivity (Wildman–Crippen MR) is 61.9 cm³/mol. The molecule has 0 saturated heterocycles. The fourth-order valence-electron chi connectivity index (χ4n) is 1.03. The lowest BCUT2D eigenvalue weighted by atomic mass is 10.3. The van der Waals surface area contributed by atoms with E-state index in [-0.39, 0.29) is 0 Å². The molecule has 5 nitrogen and oxygen atoms in total. The molecule has 1 aromatic rings. The molecular formula is C10H14N2O3S. The first-order valence-electron chi connectivity index (χ1n) is 4.73. The second-order valence-corrected chi connectivity index (χ2v) is 6.05. The van der Waals surface area contributed by atoms with Gasteiger partial charge in [-0.1, -0.05) is 0 Å². The van der Waals surface area contributed by atoms with Gasteiger partial charge in [0.15, 0.2) is 9.84 Å². The third kappa shape index (κ3) is 3.30. The minimum absolute atomic E-state index is 0.362. The molecule has 1 atom stereocenters. The van der Waals surface area contributed by atoms with E-state index >= 15 is 0 Å². The molecule has 1 N–H and O–H groups in total. The third-order valence-electron chi connectivity index (χ3n) is 2.18. The summed E-state index contributed by atoms with van der Waals surface area (Å²) in [6.07, 6.45) is 2.58. The zero-order valence-corrected chi connectivity index (χ0v) is 10.2. The van der Waals surface area contributed by atoms with Crippen LogP contribution in [0.1, 0.15) is 12.5 Å². The molecule has 6 heteroatoms. The van der Waals surface area contributed by atoms with E-state index < -0.39 is 21.0 Å². The lowest BCUT2D eigenvalue weighted by molar-refractivity contribution is -0.115. The number of anilines is 1. The van der Waals surface area contributed by atoms with Gasteiger partial charge in [0.05, 0.1) is 0 Å². The van der Waals surface area contributed by atoms with Crippen molar-refractivity contribution in [2.75, 3.05) is 11.6 Å². The van der Waals surface area contributed by atoms with Crippen molar-refractivity contribution in [2.24, 2.45) is 0 Å². The van der Waals surface area contributed by atoms with Crippen LogP contribution in [-0.4, -0.2) is 30.8 Å². The molecule has 0 unspecified atom stereocenters. The molecule has 88 valence electrons. The molecule has 0 radical (unpaired) electrons. The number of carbonyl (C=O) groups is 1. The Bertz CT molecular complexity index is 497. The Hall–Kier alpha value is -1.43. The minimum Gasteiger partial charge on any atom is -0.310 e. The Morgan fingerprint density at radius 3 is 2.62 bits per heavy atom. The molecule has 1 amide bonds. The van der Waals surface area contributed by atoms with Crippen molar-refractivity contribution >= 4 is 21.6 Å². The van der Waals surface area contributed by atoms with Crippen molar-refractivity contribution in [3.8, 4) is 0 Å². The summed E-state index contributed by atoms with van der Waals surface area (Å²) < 4.78 is 22.3. The van der Waals surface area contributed by atoms with Crippen molar-refractivity contribution in [3.05, 3.63) is 23.9 Å². The molecule has 1 rings (SSSR count). The molecule has 0 aromatic carbocycles. The highest BCUT2D eigenvalue weighted by Crippen LogP contribution is 2.07. The summed E-state index contributed by atoms with van der Waals surface area (Å²) in [6.45, 7) is 3.21. The van der Waals surface area contributed by atoms with E-state index in [1.54, 1.807) is 18.3 Å². The topological polar surface area (TPSA) is 76.1 Å². The molecule has 0 fully saturated rings. The minimum atomic E-state index is -3.37. The number of sulfone groups is 1. The van der Waals surface area contributed by atoms with Crippen LogP contribution in [0.3, 0.4) is 0 Å². The Labute approximate surface area is 94.8 Å². The van der Waals surface area contributed by atoms with Gasteiger partial charge < -0.3 is 5.32 Å². The van der Waals surface area contributed by atoms with Crippen LogP contribution in [0.2, 0.25) is 0 Å². The summed E-state index contributed by atoms with van der Waals surface area (Å²) in [5, 5.41) is 1.39. The van der Waals surface area contributed by atoms with Crippen LogP contribution in [-0.2, 0) is 14.6 Å². The van der Waals surface area contributed by atoms with E-state index in [1.807, 2.05) is 6.92 Å². The number of nitrogens with zero attached hydrogens (tertiary/aromatic N) is 1. The van der Waals surface area contributed by atoms with Gasteiger partial charge in [0.2, 0.25) is 5.91 Å². The van der Waals surface area contributed by atoms with Gasteiger partial charge in [-0.2, -0.15) is 0 Å². The van der Waals surface area contributed by atoms with Gasteiger partial charge in [-0.25, -0.2) is 13.4 Å². The lowest BCUT2D eigenvalue weighted by Crippen LogP contribution is -2.32. The summed E-state index contributed by atoms with van der Waals surface area (Å²) in [7, 11) is -3.37. The first-order valence-corrected chi connectivity index (χ1v) is 6.68. The average molecular weight is 242 g/mol. The quantitative estimate of drug-likeness (QED) is 0.849. The third-order valence-corrected chi connectivity index (χ3v) is 3.68. The van der Waals surface area contributed by atoms with Crippen LogP contribution < -0.4 is 5.32 Å². The van der Waals surface area contributed by atoms with Gasteiger partial charge in [0.1, 0.15) is 11.1 Å². The summed E-state index contributed by atoms with van der Waals surface area (Å²) in [5.74, 6) is -0.207. The SMILES string of the molecule is Cc1ccnc(NC(=O)[C@H](C)S(C)(=O)=O)c1. The van der Waals surface area contributed by atoms with Crippen LogP contribution >= 0.6 is 0 Å². The molecule has 0 aliphatic carbocycles. The predicted octanol–water partition coefficient (Wildman–Crippen LogP) is 0.762. The number of carbonyl (C=O) groups excluding carboxylic acids is 1. The van der Waals surface area contributed by atoms with E-state index in [4.69, 9.17) is 0 Å². The summed E-state index contributed by atoms with van der Waals surface area (Å²) in [4.78, 5) is 15.5. The largest absolute Gasteiger partial charge is 0.310 e. The van der Waals surface area contributed by atoms with E-state index in [9.17, 15) is 13.2 Å². The summed E-state index contributed by atoms with van der Waals surface area (Å²) in [5.41, 5.74) is 0.942. The lowest BCUT2D eigenvalue weighted by Gasteiger charge is -2.09. The molecule has 0 spiro atoms. The van der Waals surface area contributed by atoms with Crippen molar-refractivity contribution in [1.29, 1.82) is 0 Å². The van der Waals surface area contributed by atoms with Crippen molar-refractivity contribution in [2.45, 2.75) is 19.1 Å². The number of pyridine rings is 1. The van der Waals surface area contributed by atoms with Gasteiger partial charge in [-0.3, -0.25) is 4.79 Å². The Morgan fingerprint density at radius 2 is 2.12 bits per heavy atom. The van der Waals surface area contributed by atoms with Gasteiger partial charge >= 0.3 is 0 Å². The molecular weight excluding hydrogens is 228 g/mol. The maximum absolute atomic E-state index is 11.5. The zero-order valence-electron chi connectivity index (χ0n) is 9.39. The normalized spacial score (nSPS) is 13.2. The first kappa shape index (κ1) is 12.6. The van der Waals surface area contributed by atoms with Crippen LogP contribution in [0, 0.1) is 6.92 Å². The fourth-order valence-corrected chi connectivity index (χ4v) is 1.47. The molecule has 0 saturated carbocycles. The number of hydrogen-bond donors (Lipinski definition) is 1. The molecule has 0 aliphatic rings. The number of hydrogen-bond acceptors (Lipinski definition) is 4. The van der Waals surface area contributed by atoms with Crippen molar-refractivity contribution < 1.29 is 13.2 Å². The van der Waals surface area contributed by atoms with Crippen molar-refractivity contribution in [1.82, 2.24) is 4.98 Å². The maximum atomic E-state index is 11.5. The highest BCUT2D eigenvalue weighted by Gasteiger charge is 2.23. The number of nitrogens with one attached hydrogen (secondary N) is 1. The fraction of sp³-hybridized carbons (Fsp3) is 0.400. The second-order valence-electron chi connectivity index (χ2n) is 3.68. The van der Waals surface area contributed by atoms with E-state index in [0.29, 0.717) is 5.82 Å². The number of amides is 1. The number of aryl methyl sites for hydroxylation is 1. The van der Waals surface area contributed by atoms with Crippen molar-refractivity contribution in [3.63, 3.8) is 0 Å². The smallest absolute Gasteiger partial charge is 0.243 e. The van der Waals surface area contributed by atoms with Gasteiger partial charge in [-0.05, 0) is 31.5 Å². The highest BCUT2D eigenvalue weighted by atomic mass is 32.2. The average Bonchev–Trinajstić information content (AvgIpc) is 2.15. The highest BCUT2D eigenvalue weighted by molar-refractivity contribution is 7.92. The molecule has 0 aliphatic heterocycles. The second kappa shape index (κ2) is 4.61. The van der Waals surface area contributed by atoms with Gasteiger partial charge in [0, 0.05) is 12.5 Å². The Morgan fingerprint density at radius 1 is 1.50 bits per heavy atom. The Kier molecular flexibility index (Phi) is 3.64. The summed E-state index contributed by atoms with van der Waals surface area (Å²) in [6, 6.07) is 3.46. The molecule has 16 heavy (non-hydrogen) atoms. The van der Waals surface area contributed by atoms with E-state index in [2.05, 4.69) is 10.3 Å². The maximum Gasteiger partial charge on any atom is 0.243 e. The van der Waals surface area contributed by atoms with Crippen LogP contribution in [0.25, 0.3) is 0 Å². The van der Waals surface area contributed by atoms with Crippen LogP contribution in [0.15, 0.2) is 18.3 Å². The zero-order chi connectivity index (χ0) is 12.3. The van der Waals surface area contributed by atoms with E-state index in [0.717, 1.165) is 11.8 Å². The Balaban J connectivity index is 2.80. The number of aromatic nitrogens is 1. The van der Waals surface area contributed by atoms with Crippen LogP contribution in [0.5, 0.6) is 0 Å². The molecule has 1 aromatic heterocycles. The molecule has 0 bridgehead atoms.